The number of benzene rings is 3. The van der Waals surface area contributed by atoms with Gasteiger partial charge in [0.15, 0.2) is 0 Å². The van der Waals surface area contributed by atoms with E-state index in [2.05, 4.69) is 10.8 Å². The van der Waals surface area contributed by atoms with Crippen LogP contribution in [0.25, 0.3) is 0 Å². The molecule has 0 saturated heterocycles. The smallest absolute Gasteiger partial charge is 0.274 e. The minimum atomic E-state index is -0.302. The van der Waals surface area contributed by atoms with E-state index in [4.69, 9.17) is 4.84 Å². The van der Waals surface area contributed by atoms with E-state index >= 15 is 0 Å². The van der Waals surface area contributed by atoms with E-state index in [0.29, 0.717) is 25.0 Å². The monoisotopic (exact) mass is 374 g/mol. The summed E-state index contributed by atoms with van der Waals surface area (Å²) < 4.78 is 0. The van der Waals surface area contributed by atoms with Crippen LogP contribution < -0.4 is 10.8 Å². The topological polar surface area (TPSA) is 67.4 Å². The molecule has 0 bridgehead atoms. The Hall–Kier alpha value is -3.44. The summed E-state index contributed by atoms with van der Waals surface area (Å²) in [6.45, 7) is 0.307. The molecule has 0 fully saturated rings. The molecular weight excluding hydrogens is 352 g/mol. The van der Waals surface area contributed by atoms with E-state index in [0.717, 1.165) is 16.8 Å². The summed E-state index contributed by atoms with van der Waals surface area (Å²) >= 11 is 0. The third-order valence-corrected chi connectivity index (χ3v) is 4.16. The van der Waals surface area contributed by atoms with Gasteiger partial charge in [0.05, 0.1) is 6.61 Å². The van der Waals surface area contributed by atoms with Gasteiger partial charge in [-0.25, -0.2) is 5.48 Å². The zero-order valence-electron chi connectivity index (χ0n) is 15.4. The van der Waals surface area contributed by atoms with Crippen molar-refractivity contribution in [3.63, 3.8) is 0 Å². The van der Waals surface area contributed by atoms with Crippen molar-refractivity contribution in [3.05, 3.63) is 102 Å². The average molecular weight is 374 g/mol. The highest BCUT2D eigenvalue weighted by atomic mass is 16.6. The van der Waals surface area contributed by atoms with Crippen molar-refractivity contribution in [2.45, 2.75) is 19.4 Å². The molecule has 3 aromatic carbocycles. The molecule has 0 aliphatic rings. The molecule has 0 unspecified atom stereocenters. The molecule has 0 aromatic heterocycles. The summed E-state index contributed by atoms with van der Waals surface area (Å²) in [7, 11) is 0. The van der Waals surface area contributed by atoms with Crippen LogP contribution in [0, 0.1) is 0 Å². The summed E-state index contributed by atoms with van der Waals surface area (Å²) in [5, 5.41) is 2.86. The quantitative estimate of drug-likeness (QED) is 0.583. The van der Waals surface area contributed by atoms with E-state index in [1.54, 1.807) is 12.1 Å². The number of carbonyl (C=O) groups excluding carboxylic acids is 2. The lowest BCUT2D eigenvalue weighted by atomic mass is 10.1. The fourth-order valence-electron chi connectivity index (χ4n) is 2.64. The van der Waals surface area contributed by atoms with Crippen LogP contribution in [-0.4, -0.2) is 11.8 Å². The van der Waals surface area contributed by atoms with Gasteiger partial charge in [-0.2, -0.15) is 0 Å². The minimum absolute atomic E-state index is 0.0395. The normalized spacial score (nSPS) is 10.3. The molecule has 3 aromatic rings. The maximum Gasteiger partial charge on any atom is 0.274 e. The lowest BCUT2D eigenvalue weighted by Crippen LogP contribution is -2.23. The molecule has 5 heteroatoms. The Morgan fingerprint density at radius 2 is 1.39 bits per heavy atom. The first kappa shape index (κ1) is 19.3. The number of nitrogens with one attached hydrogen (secondary N) is 2. The molecule has 28 heavy (non-hydrogen) atoms. The van der Waals surface area contributed by atoms with Crippen LogP contribution in [0.15, 0.2) is 84.9 Å². The highest BCUT2D eigenvalue weighted by Gasteiger charge is 2.07. The number of carbonyl (C=O) groups is 2. The predicted octanol–water partition coefficient (Wildman–Crippen LogP) is 4.12. The van der Waals surface area contributed by atoms with Crippen molar-refractivity contribution in [3.8, 4) is 0 Å². The zero-order chi connectivity index (χ0) is 19.6. The number of anilines is 1. The van der Waals surface area contributed by atoms with Gasteiger partial charge in [-0.3, -0.25) is 14.4 Å². The average Bonchev–Trinajstić information content (AvgIpc) is 2.74. The lowest BCUT2D eigenvalue weighted by molar-refractivity contribution is -0.116. The largest absolute Gasteiger partial charge is 0.326 e. The molecule has 0 saturated carbocycles. The second-order valence-electron chi connectivity index (χ2n) is 6.32. The van der Waals surface area contributed by atoms with Crippen molar-refractivity contribution in [1.82, 2.24) is 5.48 Å². The summed E-state index contributed by atoms with van der Waals surface area (Å²) in [4.78, 5) is 29.4. The predicted molar refractivity (Wildman–Crippen MR) is 109 cm³/mol. The highest BCUT2D eigenvalue weighted by molar-refractivity contribution is 5.93. The SMILES string of the molecule is O=C(CCc1ccc(C(=O)NOCc2ccccc2)cc1)Nc1ccccc1. The van der Waals surface area contributed by atoms with Crippen LogP contribution in [0.1, 0.15) is 27.9 Å². The van der Waals surface area contributed by atoms with Crippen molar-refractivity contribution >= 4 is 17.5 Å². The van der Waals surface area contributed by atoms with Gasteiger partial charge in [0.25, 0.3) is 5.91 Å². The molecule has 142 valence electrons. The molecule has 0 spiro atoms. The maximum absolute atomic E-state index is 12.1. The Morgan fingerprint density at radius 3 is 2.07 bits per heavy atom. The number of hydrogen-bond acceptors (Lipinski definition) is 3. The van der Waals surface area contributed by atoms with Crippen LogP contribution in [0.5, 0.6) is 0 Å². The highest BCUT2D eigenvalue weighted by Crippen LogP contribution is 2.10. The summed E-state index contributed by atoms with van der Waals surface area (Å²) in [5.41, 5.74) is 5.70. The van der Waals surface area contributed by atoms with Gasteiger partial charge in [-0.15, -0.1) is 0 Å². The van der Waals surface area contributed by atoms with Gasteiger partial charge in [-0.1, -0.05) is 60.7 Å². The first-order valence-electron chi connectivity index (χ1n) is 9.10. The second kappa shape index (κ2) is 10.0. The standard InChI is InChI=1S/C23H22N2O3/c26-22(24-21-9-5-2-6-10-21)16-13-18-11-14-20(15-12-18)23(27)25-28-17-19-7-3-1-4-8-19/h1-12,14-15H,13,16-17H2,(H,24,26)(H,25,27). The number of para-hydroxylation sites is 1. The molecule has 2 N–H and O–H groups in total. The molecule has 0 heterocycles. The number of amides is 2. The third-order valence-electron chi connectivity index (χ3n) is 4.16. The molecule has 0 radical (unpaired) electrons. The van der Waals surface area contributed by atoms with Gasteiger partial charge in [0, 0.05) is 17.7 Å². The van der Waals surface area contributed by atoms with Crippen LogP contribution >= 0.6 is 0 Å². The Morgan fingerprint density at radius 1 is 0.750 bits per heavy atom. The number of hydroxylamine groups is 1. The Bertz CT molecular complexity index is 894. The van der Waals surface area contributed by atoms with Gasteiger partial charge in [-0.05, 0) is 41.8 Å². The Labute approximate surface area is 164 Å². The Balaban J connectivity index is 1.42. The van der Waals surface area contributed by atoms with E-state index in [1.807, 2.05) is 72.8 Å². The van der Waals surface area contributed by atoms with E-state index < -0.39 is 0 Å². The molecule has 2 amide bonds. The summed E-state index contributed by atoms with van der Waals surface area (Å²) in [5.74, 6) is -0.341. The number of hydrogen-bond donors (Lipinski definition) is 2. The van der Waals surface area contributed by atoms with Crippen molar-refractivity contribution < 1.29 is 14.4 Å². The molecule has 3 rings (SSSR count). The molecule has 5 nitrogen and oxygen atoms in total. The van der Waals surface area contributed by atoms with E-state index in [-0.39, 0.29) is 11.8 Å². The third kappa shape index (κ3) is 6.07. The van der Waals surface area contributed by atoms with E-state index in [9.17, 15) is 9.59 Å². The maximum atomic E-state index is 12.1. The first-order valence-corrected chi connectivity index (χ1v) is 9.10. The van der Waals surface area contributed by atoms with Crippen LogP contribution in [0.4, 0.5) is 5.69 Å². The summed E-state index contributed by atoms with van der Waals surface area (Å²) in [6.07, 6.45) is 0.978. The second-order valence-corrected chi connectivity index (χ2v) is 6.32. The van der Waals surface area contributed by atoms with Gasteiger partial charge >= 0.3 is 0 Å². The van der Waals surface area contributed by atoms with Gasteiger partial charge in [0.2, 0.25) is 5.91 Å². The number of aryl methyl sites for hydroxylation is 1. The van der Waals surface area contributed by atoms with Crippen molar-refractivity contribution in [2.75, 3.05) is 5.32 Å². The van der Waals surface area contributed by atoms with Crippen LogP contribution in [0.3, 0.4) is 0 Å². The Kier molecular flexibility index (Phi) is 6.93. The molecule has 0 aliphatic heterocycles. The fourth-order valence-corrected chi connectivity index (χ4v) is 2.64. The molecule has 0 atom stereocenters. The zero-order valence-corrected chi connectivity index (χ0v) is 15.4. The minimum Gasteiger partial charge on any atom is -0.326 e. The van der Waals surface area contributed by atoms with Crippen molar-refractivity contribution in [1.29, 1.82) is 0 Å². The van der Waals surface area contributed by atoms with Gasteiger partial charge in [0.1, 0.15) is 0 Å². The van der Waals surface area contributed by atoms with Crippen LogP contribution in [-0.2, 0) is 22.7 Å². The van der Waals surface area contributed by atoms with Crippen LogP contribution in [0.2, 0.25) is 0 Å². The molecular formula is C23H22N2O3. The lowest BCUT2D eigenvalue weighted by Gasteiger charge is -2.07. The number of rotatable bonds is 8. The summed E-state index contributed by atoms with van der Waals surface area (Å²) in [6, 6.07) is 26.1. The van der Waals surface area contributed by atoms with E-state index in [1.165, 1.54) is 0 Å². The molecule has 0 aliphatic carbocycles. The van der Waals surface area contributed by atoms with Gasteiger partial charge < -0.3 is 5.32 Å². The van der Waals surface area contributed by atoms with Crippen molar-refractivity contribution in [2.24, 2.45) is 0 Å². The first-order chi connectivity index (χ1) is 13.7. The fraction of sp³-hybridized carbons (Fsp3) is 0.130.